The van der Waals surface area contributed by atoms with E-state index in [-0.39, 0.29) is 0 Å². The first-order chi connectivity index (χ1) is 14.0. The largest absolute Gasteiger partial charge is 0.389 e. The van der Waals surface area contributed by atoms with E-state index in [2.05, 4.69) is 25.6 Å². The Morgan fingerprint density at radius 3 is 2.76 bits per heavy atom. The average molecular weight is 417 g/mol. The number of anilines is 3. The highest BCUT2D eigenvalue weighted by atomic mass is 35.5. The number of urea groups is 1. The Bertz CT molecular complexity index is 1010. The van der Waals surface area contributed by atoms with Crippen LogP contribution in [0.25, 0.3) is 5.52 Å². The highest BCUT2D eigenvalue weighted by molar-refractivity contribution is 6.31. The summed E-state index contributed by atoms with van der Waals surface area (Å²) in [5.74, 6) is 0.843. The van der Waals surface area contributed by atoms with Crippen LogP contribution < -0.4 is 15.5 Å². The number of ether oxygens (including phenoxy) is 1. The quantitative estimate of drug-likeness (QED) is 0.604. The number of carbonyl (C=O) groups excluding carboxylic acids is 1. The van der Waals surface area contributed by atoms with Crippen LogP contribution in [0.3, 0.4) is 0 Å². The fourth-order valence-electron chi connectivity index (χ4n) is 3.31. The molecule has 1 saturated heterocycles. The summed E-state index contributed by atoms with van der Waals surface area (Å²) in [4.78, 5) is 19.0. The van der Waals surface area contributed by atoms with Gasteiger partial charge in [-0.15, -0.1) is 0 Å². The molecule has 0 unspecified atom stereocenters. The molecule has 152 valence electrons. The lowest BCUT2D eigenvalue weighted by Gasteiger charge is -2.27. The van der Waals surface area contributed by atoms with E-state index in [0.29, 0.717) is 40.7 Å². The molecular formula is C19H21ClN6O3. The molecule has 4 rings (SSSR count). The Morgan fingerprint density at radius 1 is 1.28 bits per heavy atom. The van der Waals surface area contributed by atoms with E-state index in [0.717, 1.165) is 18.9 Å². The predicted octanol–water partition coefficient (Wildman–Crippen LogP) is 2.92. The van der Waals surface area contributed by atoms with E-state index in [1.807, 2.05) is 6.07 Å². The molecule has 0 radical (unpaired) electrons. The van der Waals surface area contributed by atoms with Gasteiger partial charge < -0.3 is 25.4 Å². The van der Waals surface area contributed by atoms with E-state index < -0.39 is 12.1 Å². The molecule has 0 saturated carbocycles. The first-order valence-electron chi connectivity index (χ1n) is 9.23. The Labute approximate surface area is 172 Å². The van der Waals surface area contributed by atoms with Crippen molar-refractivity contribution in [3.63, 3.8) is 0 Å². The Balaban J connectivity index is 1.47. The number of rotatable bonds is 4. The topological polar surface area (TPSA) is 104 Å². The number of aliphatic hydroxyl groups is 1. The summed E-state index contributed by atoms with van der Waals surface area (Å²) in [6.45, 7) is 4.57. The van der Waals surface area contributed by atoms with Gasteiger partial charge in [0.1, 0.15) is 5.82 Å². The summed E-state index contributed by atoms with van der Waals surface area (Å²) in [5, 5.41) is 20.4. The third-order valence-electron chi connectivity index (χ3n) is 4.65. The predicted molar refractivity (Wildman–Crippen MR) is 111 cm³/mol. The molecule has 3 N–H and O–H groups in total. The molecule has 0 spiro atoms. The number of hydrogen-bond acceptors (Lipinski definition) is 6. The lowest BCUT2D eigenvalue weighted by molar-refractivity contribution is 0.122. The van der Waals surface area contributed by atoms with Gasteiger partial charge in [-0.05, 0) is 25.1 Å². The number of amides is 2. The van der Waals surface area contributed by atoms with Gasteiger partial charge in [-0.25, -0.2) is 14.3 Å². The normalized spacial score (nSPS) is 15.3. The smallest absolute Gasteiger partial charge is 0.323 e. The fraction of sp³-hybridized carbons (Fsp3) is 0.316. The SMILES string of the molecule is C[C@H](O)c1c(NC(=O)Nc2ccc(N3CCOCC3)nc2)cnn2cc(Cl)cc12. The Morgan fingerprint density at radius 2 is 2.07 bits per heavy atom. The number of carbonyl (C=O) groups is 1. The van der Waals surface area contributed by atoms with Crippen molar-refractivity contribution in [2.75, 3.05) is 41.8 Å². The second kappa shape index (κ2) is 8.24. The molecule has 0 aromatic carbocycles. The fourth-order valence-corrected chi connectivity index (χ4v) is 3.50. The minimum absolute atomic E-state index is 0.401. The average Bonchev–Trinajstić information content (AvgIpc) is 3.08. The van der Waals surface area contributed by atoms with Crippen molar-refractivity contribution >= 4 is 40.3 Å². The number of halogens is 1. The van der Waals surface area contributed by atoms with Crippen LogP contribution in [0, 0.1) is 0 Å². The number of hydrogen-bond donors (Lipinski definition) is 3. The molecule has 1 aliphatic rings. The Hall–Kier alpha value is -2.88. The third kappa shape index (κ3) is 4.26. The maximum absolute atomic E-state index is 12.5. The first kappa shape index (κ1) is 19.4. The number of morpholine rings is 1. The standard InChI is InChI=1S/C19H21ClN6O3/c1-12(27)18-15(10-22-26-11-13(20)8-16(18)26)24-19(28)23-14-2-3-17(21-9-14)25-4-6-29-7-5-25/h2-3,8-12,27H,4-7H2,1H3,(H2,23,24,28)/t12-/m0/s1. The zero-order valence-corrected chi connectivity index (χ0v) is 16.6. The van der Waals surface area contributed by atoms with E-state index in [1.54, 1.807) is 36.0 Å². The highest BCUT2D eigenvalue weighted by Gasteiger charge is 2.17. The molecule has 0 aliphatic carbocycles. The van der Waals surface area contributed by atoms with Gasteiger partial charge >= 0.3 is 6.03 Å². The summed E-state index contributed by atoms with van der Waals surface area (Å²) in [6, 6.07) is 4.88. The molecule has 0 bridgehead atoms. The van der Waals surface area contributed by atoms with Crippen molar-refractivity contribution in [3.05, 3.63) is 47.4 Å². The van der Waals surface area contributed by atoms with E-state index in [4.69, 9.17) is 16.3 Å². The second-order valence-electron chi connectivity index (χ2n) is 6.72. The van der Waals surface area contributed by atoms with Crippen molar-refractivity contribution in [1.29, 1.82) is 0 Å². The molecule has 2 amide bonds. The second-order valence-corrected chi connectivity index (χ2v) is 7.16. The molecule has 1 atom stereocenters. The van der Waals surface area contributed by atoms with Gasteiger partial charge in [-0.2, -0.15) is 5.10 Å². The van der Waals surface area contributed by atoms with E-state index in [9.17, 15) is 9.90 Å². The van der Waals surface area contributed by atoms with Crippen LogP contribution in [0.2, 0.25) is 5.02 Å². The lowest BCUT2D eigenvalue weighted by atomic mass is 10.1. The first-order valence-corrected chi connectivity index (χ1v) is 9.60. The van der Waals surface area contributed by atoms with Crippen LogP contribution in [0.15, 0.2) is 36.8 Å². The van der Waals surface area contributed by atoms with Gasteiger partial charge in [0.15, 0.2) is 0 Å². The third-order valence-corrected chi connectivity index (χ3v) is 4.86. The highest BCUT2D eigenvalue weighted by Crippen LogP contribution is 2.29. The van der Waals surface area contributed by atoms with Crippen LogP contribution in [-0.2, 0) is 4.74 Å². The number of nitrogens with zero attached hydrogens (tertiary/aromatic N) is 4. The van der Waals surface area contributed by atoms with Crippen LogP contribution in [0.5, 0.6) is 0 Å². The van der Waals surface area contributed by atoms with Crippen molar-refractivity contribution in [3.8, 4) is 0 Å². The maximum Gasteiger partial charge on any atom is 0.323 e. The monoisotopic (exact) mass is 416 g/mol. The van der Waals surface area contributed by atoms with Gasteiger partial charge in [0.25, 0.3) is 0 Å². The van der Waals surface area contributed by atoms with Gasteiger partial charge in [0.2, 0.25) is 0 Å². The Kier molecular flexibility index (Phi) is 5.52. The van der Waals surface area contributed by atoms with Gasteiger partial charge in [0, 0.05) is 24.8 Å². The van der Waals surface area contributed by atoms with Crippen LogP contribution >= 0.6 is 11.6 Å². The molecule has 9 nitrogen and oxygen atoms in total. The molecule has 3 aromatic heterocycles. The van der Waals surface area contributed by atoms with Crippen molar-refractivity contribution in [2.24, 2.45) is 0 Å². The van der Waals surface area contributed by atoms with Gasteiger partial charge in [-0.1, -0.05) is 11.6 Å². The van der Waals surface area contributed by atoms with Crippen molar-refractivity contribution < 1.29 is 14.6 Å². The zero-order chi connectivity index (χ0) is 20.4. The van der Waals surface area contributed by atoms with Crippen LogP contribution in [0.1, 0.15) is 18.6 Å². The van der Waals surface area contributed by atoms with Gasteiger partial charge in [-0.3, -0.25) is 0 Å². The summed E-state index contributed by atoms with van der Waals surface area (Å²) in [7, 11) is 0. The number of aromatic nitrogens is 3. The summed E-state index contributed by atoms with van der Waals surface area (Å²) < 4.78 is 6.90. The molecule has 4 heterocycles. The number of aliphatic hydroxyl groups excluding tert-OH is 1. The van der Waals surface area contributed by atoms with Crippen molar-refractivity contribution in [2.45, 2.75) is 13.0 Å². The van der Waals surface area contributed by atoms with Crippen LogP contribution in [0.4, 0.5) is 22.0 Å². The summed E-state index contributed by atoms with van der Waals surface area (Å²) in [5.41, 5.74) is 2.11. The van der Waals surface area contributed by atoms with Gasteiger partial charge in [0.05, 0.1) is 53.6 Å². The number of fused-ring (bicyclic) bond motifs is 1. The number of nitrogens with one attached hydrogen (secondary N) is 2. The lowest BCUT2D eigenvalue weighted by Crippen LogP contribution is -2.36. The van der Waals surface area contributed by atoms with Crippen molar-refractivity contribution in [1.82, 2.24) is 14.6 Å². The van der Waals surface area contributed by atoms with E-state index >= 15 is 0 Å². The molecular weight excluding hydrogens is 396 g/mol. The van der Waals surface area contributed by atoms with Crippen LogP contribution in [-0.4, -0.2) is 52.0 Å². The molecule has 29 heavy (non-hydrogen) atoms. The maximum atomic E-state index is 12.5. The summed E-state index contributed by atoms with van der Waals surface area (Å²) in [6.07, 6.45) is 3.89. The minimum atomic E-state index is -0.823. The summed E-state index contributed by atoms with van der Waals surface area (Å²) >= 11 is 6.03. The number of pyridine rings is 1. The minimum Gasteiger partial charge on any atom is -0.389 e. The molecule has 10 heteroatoms. The molecule has 3 aromatic rings. The molecule has 1 fully saturated rings. The zero-order valence-electron chi connectivity index (χ0n) is 15.8. The molecule has 1 aliphatic heterocycles. The van der Waals surface area contributed by atoms with E-state index in [1.165, 1.54) is 6.20 Å².